The number of ether oxygens (including phenoxy) is 2. The van der Waals surface area contributed by atoms with Crippen LogP contribution in [0, 0.1) is 18.2 Å². The Morgan fingerprint density at radius 3 is 2.73 bits per heavy atom. The highest BCUT2D eigenvalue weighted by atomic mass is 79.9. The fraction of sp³-hybridized carbons (Fsp3) is 0.182. The Morgan fingerprint density at radius 1 is 1.27 bits per heavy atom. The molecule has 0 spiro atoms. The van der Waals surface area contributed by atoms with Gasteiger partial charge in [-0.3, -0.25) is 9.69 Å². The van der Waals surface area contributed by atoms with Gasteiger partial charge in [-0.2, -0.15) is 0 Å². The van der Waals surface area contributed by atoms with Crippen molar-refractivity contribution in [3.8, 4) is 23.8 Å². The van der Waals surface area contributed by atoms with Crippen LogP contribution in [0.2, 0.25) is 0 Å². The summed E-state index contributed by atoms with van der Waals surface area (Å²) in [5.41, 5.74) is 0.913. The molecule has 1 heterocycles. The van der Waals surface area contributed by atoms with Gasteiger partial charge in [0.2, 0.25) is 0 Å². The van der Waals surface area contributed by atoms with Crippen LogP contribution in [-0.4, -0.2) is 30.1 Å². The molecule has 8 heteroatoms. The predicted molar refractivity (Wildman–Crippen MR) is 113 cm³/mol. The quantitative estimate of drug-likeness (QED) is 0.374. The zero-order chi connectivity index (χ0) is 21.7. The van der Waals surface area contributed by atoms with E-state index in [-0.39, 0.29) is 24.4 Å². The lowest BCUT2D eigenvalue weighted by molar-refractivity contribution is -0.123. The van der Waals surface area contributed by atoms with E-state index in [9.17, 15) is 14.0 Å². The molecule has 30 heavy (non-hydrogen) atoms. The van der Waals surface area contributed by atoms with Crippen molar-refractivity contribution < 1.29 is 23.5 Å². The maximum atomic E-state index is 13.9. The van der Waals surface area contributed by atoms with Gasteiger partial charge in [-0.25, -0.2) is 9.18 Å². The highest BCUT2D eigenvalue weighted by molar-refractivity contribution is 9.10. The molecule has 0 atom stereocenters. The molecule has 6 nitrogen and oxygen atoms in total. The third-order valence-corrected chi connectivity index (χ3v) is 4.78. The molecule has 0 unspecified atom stereocenters. The van der Waals surface area contributed by atoms with E-state index in [1.165, 1.54) is 18.2 Å². The SMILES string of the molecule is C#CCOc1c(Br)cc(/C=C2/NC(=O)N(Cc3ccccc3F)C2=O)cc1OCC. The van der Waals surface area contributed by atoms with Gasteiger partial charge < -0.3 is 14.8 Å². The number of urea groups is 1. The molecule has 1 saturated heterocycles. The number of hydrogen-bond acceptors (Lipinski definition) is 4. The number of imide groups is 1. The topological polar surface area (TPSA) is 67.9 Å². The van der Waals surface area contributed by atoms with E-state index < -0.39 is 17.8 Å². The van der Waals surface area contributed by atoms with E-state index in [0.29, 0.717) is 28.1 Å². The van der Waals surface area contributed by atoms with E-state index >= 15 is 0 Å². The maximum Gasteiger partial charge on any atom is 0.329 e. The van der Waals surface area contributed by atoms with Gasteiger partial charge in [-0.15, -0.1) is 6.42 Å². The molecule has 1 N–H and O–H groups in total. The summed E-state index contributed by atoms with van der Waals surface area (Å²) in [5.74, 6) is 2.24. The smallest absolute Gasteiger partial charge is 0.329 e. The summed E-state index contributed by atoms with van der Waals surface area (Å²) in [5, 5.41) is 2.52. The molecule has 0 saturated carbocycles. The number of nitrogens with zero attached hydrogens (tertiary/aromatic N) is 1. The standard InChI is InChI=1S/C22H18BrFN2O4/c1-3-9-30-20-16(23)10-14(12-19(20)29-4-2)11-18-21(27)26(22(28)25-18)13-15-7-5-6-8-17(15)24/h1,5-8,10-12H,4,9,13H2,2H3,(H,25,28)/b18-11+. The number of benzene rings is 2. The monoisotopic (exact) mass is 472 g/mol. The number of hydrogen-bond donors (Lipinski definition) is 1. The van der Waals surface area contributed by atoms with Crippen LogP contribution in [0.3, 0.4) is 0 Å². The second-order valence-corrected chi connectivity index (χ2v) is 7.08. The first-order valence-corrected chi connectivity index (χ1v) is 9.84. The molecule has 1 fully saturated rings. The Morgan fingerprint density at radius 2 is 2.03 bits per heavy atom. The number of carbonyl (C=O) groups excluding carboxylic acids is 2. The Kier molecular flexibility index (Phi) is 6.75. The molecular formula is C22H18BrFN2O4. The predicted octanol–water partition coefficient (Wildman–Crippen LogP) is 4.09. The summed E-state index contributed by atoms with van der Waals surface area (Å²) in [6.45, 7) is 2.12. The van der Waals surface area contributed by atoms with Gasteiger partial charge in [-0.1, -0.05) is 24.1 Å². The van der Waals surface area contributed by atoms with Gasteiger partial charge in [0, 0.05) is 5.56 Å². The minimum Gasteiger partial charge on any atom is -0.490 e. The summed E-state index contributed by atoms with van der Waals surface area (Å²) in [6, 6.07) is 8.75. The molecule has 2 aromatic carbocycles. The average Bonchev–Trinajstić information content (AvgIpc) is 2.96. The maximum absolute atomic E-state index is 13.9. The minimum atomic E-state index is -0.618. The van der Waals surface area contributed by atoms with E-state index in [4.69, 9.17) is 15.9 Å². The van der Waals surface area contributed by atoms with Crippen LogP contribution in [0.5, 0.6) is 11.5 Å². The number of rotatable bonds is 7. The van der Waals surface area contributed by atoms with Crippen LogP contribution in [0.4, 0.5) is 9.18 Å². The zero-order valence-electron chi connectivity index (χ0n) is 16.1. The lowest BCUT2D eigenvalue weighted by Gasteiger charge is -2.13. The summed E-state index contributed by atoms with van der Waals surface area (Å²) >= 11 is 3.41. The molecule has 3 rings (SSSR count). The van der Waals surface area contributed by atoms with Gasteiger partial charge in [-0.05, 0) is 52.7 Å². The van der Waals surface area contributed by atoms with Crippen molar-refractivity contribution in [3.05, 3.63) is 63.5 Å². The third kappa shape index (κ3) is 4.63. The second-order valence-electron chi connectivity index (χ2n) is 6.23. The van der Waals surface area contributed by atoms with Crippen LogP contribution >= 0.6 is 15.9 Å². The Hall–Kier alpha value is -3.31. The summed E-state index contributed by atoms with van der Waals surface area (Å²) in [6.07, 6.45) is 6.76. The first-order valence-electron chi connectivity index (χ1n) is 9.05. The molecule has 1 aliphatic heterocycles. The lowest BCUT2D eigenvalue weighted by Crippen LogP contribution is -2.30. The number of carbonyl (C=O) groups is 2. The van der Waals surface area contributed by atoms with Crippen molar-refractivity contribution >= 4 is 33.9 Å². The van der Waals surface area contributed by atoms with Crippen molar-refractivity contribution in [2.75, 3.05) is 13.2 Å². The Bertz CT molecular complexity index is 1060. The van der Waals surface area contributed by atoms with Gasteiger partial charge in [0.15, 0.2) is 11.5 Å². The minimum absolute atomic E-state index is 0.0681. The molecule has 3 amide bonds. The fourth-order valence-corrected chi connectivity index (χ4v) is 3.44. The molecular weight excluding hydrogens is 455 g/mol. The number of terminal acetylenes is 1. The van der Waals surface area contributed by atoms with Crippen molar-refractivity contribution in [2.45, 2.75) is 13.5 Å². The number of nitrogens with one attached hydrogen (secondary N) is 1. The van der Waals surface area contributed by atoms with Crippen molar-refractivity contribution in [2.24, 2.45) is 0 Å². The lowest BCUT2D eigenvalue weighted by atomic mass is 10.1. The van der Waals surface area contributed by atoms with Crippen molar-refractivity contribution in [1.29, 1.82) is 0 Å². The molecule has 0 radical (unpaired) electrons. The summed E-state index contributed by atoms with van der Waals surface area (Å²) in [7, 11) is 0. The largest absolute Gasteiger partial charge is 0.490 e. The van der Waals surface area contributed by atoms with E-state index in [2.05, 4.69) is 27.2 Å². The van der Waals surface area contributed by atoms with E-state index in [1.807, 2.05) is 6.92 Å². The Balaban J connectivity index is 1.88. The third-order valence-electron chi connectivity index (χ3n) is 4.19. The fourth-order valence-electron chi connectivity index (χ4n) is 2.87. The van der Waals surface area contributed by atoms with Gasteiger partial charge in [0.05, 0.1) is 17.6 Å². The molecule has 154 valence electrons. The molecule has 0 bridgehead atoms. The highest BCUT2D eigenvalue weighted by Crippen LogP contribution is 2.37. The van der Waals surface area contributed by atoms with Crippen LogP contribution in [0.15, 0.2) is 46.6 Å². The summed E-state index contributed by atoms with van der Waals surface area (Å²) < 4.78 is 25.6. The number of halogens is 2. The molecule has 0 aromatic heterocycles. The zero-order valence-corrected chi connectivity index (χ0v) is 17.7. The van der Waals surface area contributed by atoms with Crippen molar-refractivity contribution in [3.63, 3.8) is 0 Å². The molecule has 1 aliphatic rings. The first kappa shape index (κ1) is 21.4. The van der Waals surface area contributed by atoms with E-state index in [1.54, 1.807) is 24.3 Å². The van der Waals surface area contributed by atoms with Gasteiger partial charge in [0.25, 0.3) is 5.91 Å². The Labute approximate surface area is 181 Å². The highest BCUT2D eigenvalue weighted by Gasteiger charge is 2.34. The van der Waals surface area contributed by atoms with Gasteiger partial charge in [0.1, 0.15) is 18.1 Å². The summed E-state index contributed by atoms with van der Waals surface area (Å²) in [4.78, 5) is 25.9. The van der Waals surface area contributed by atoms with Crippen LogP contribution in [0.25, 0.3) is 6.08 Å². The van der Waals surface area contributed by atoms with Crippen molar-refractivity contribution in [1.82, 2.24) is 10.2 Å². The van der Waals surface area contributed by atoms with E-state index in [0.717, 1.165) is 4.90 Å². The average molecular weight is 473 g/mol. The molecule has 0 aliphatic carbocycles. The number of amides is 3. The normalized spacial score (nSPS) is 14.6. The second kappa shape index (κ2) is 9.46. The van der Waals surface area contributed by atoms with Crippen LogP contribution in [0.1, 0.15) is 18.1 Å². The first-order chi connectivity index (χ1) is 14.4. The van der Waals surface area contributed by atoms with Crippen LogP contribution < -0.4 is 14.8 Å². The molecule has 2 aromatic rings. The van der Waals surface area contributed by atoms with Gasteiger partial charge >= 0.3 is 6.03 Å². The van der Waals surface area contributed by atoms with Crippen LogP contribution in [-0.2, 0) is 11.3 Å².